The number of anilines is 1. The van der Waals surface area contributed by atoms with Crippen molar-refractivity contribution >= 4 is 39.9 Å². The number of ether oxygens (including phenoxy) is 4. The first-order valence-corrected chi connectivity index (χ1v) is 21.2. The highest BCUT2D eigenvalue weighted by Gasteiger charge is 2.50. The number of fused-ring (bicyclic) bond motifs is 4. The number of carbonyl (C=O) groups is 2. The van der Waals surface area contributed by atoms with Gasteiger partial charge >= 0.3 is 12.1 Å². The van der Waals surface area contributed by atoms with Crippen LogP contribution in [0.2, 0.25) is 0 Å². The zero-order valence-electron chi connectivity index (χ0n) is 34.9. The van der Waals surface area contributed by atoms with E-state index in [1.165, 1.54) is 13.2 Å². The molecule has 2 bridgehead atoms. The molecule has 4 aromatic rings. The fourth-order valence-corrected chi connectivity index (χ4v) is 10.3. The Kier molecular flexibility index (Phi) is 10.4. The molecule has 2 saturated carbocycles. The van der Waals surface area contributed by atoms with Gasteiger partial charge in [-0.05, 0) is 120 Å². The first-order chi connectivity index (χ1) is 28.8. The third kappa shape index (κ3) is 7.62. The Morgan fingerprint density at radius 3 is 2.40 bits per heavy atom. The van der Waals surface area contributed by atoms with E-state index in [1.807, 2.05) is 36.6 Å². The van der Waals surface area contributed by atoms with Crippen LogP contribution in [-0.2, 0) is 14.3 Å². The van der Waals surface area contributed by atoms with Gasteiger partial charge in [0, 0.05) is 60.0 Å². The lowest BCUT2D eigenvalue weighted by molar-refractivity contribution is -0.120. The van der Waals surface area contributed by atoms with Crippen LogP contribution in [0.25, 0.3) is 32.8 Å². The zero-order valence-corrected chi connectivity index (χ0v) is 34.9. The number of aromatic nitrogens is 2. The molecule has 0 radical (unpaired) electrons. The average molecular weight is 822 g/mol. The van der Waals surface area contributed by atoms with Crippen LogP contribution in [0, 0.1) is 40.7 Å². The number of terminal acetylenes is 1. The fourth-order valence-electron chi connectivity index (χ4n) is 10.3. The molecule has 2 unspecified atom stereocenters. The van der Waals surface area contributed by atoms with Gasteiger partial charge in [-0.3, -0.25) is 4.90 Å². The summed E-state index contributed by atoms with van der Waals surface area (Å²) in [5.41, 5.74) is -0.0896. The summed E-state index contributed by atoms with van der Waals surface area (Å²) in [7, 11) is 1.50. The van der Waals surface area contributed by atoms with Gasteiger partial charge in [0.25, 0.3) is 0 Å². The molecule has 3 saturated heterocycles. The summed E-state index contributed by atoms with van der Waals surface area (Å²) in [6, 6.07) is 9.66. The number of piperidine rings is 1. The molecule has 13 heteroatoms. The van der Waals surface area contributed by atoms with E-state index in [0.717, 1.165) is 77.3 Å². The number of likely N-dealkylation sites (tertiary alicyclic amines) is 1. The zero-order chi connectivity index (χ0) is 42.0. The van der Waals surface area contributed by atoms with Crippen LogP contribution in [0.4, 0.5) is 19.4 Å². The number of rotatable bonds is 11. The van der Waals surface area contributed by atoms with Crippen LogP contribution in [0.15, 0.2) is 36.4 Å². The van der Waals surface area contributed by atoms with Gasteiger partial charge in [0.15, 0.2) is 12.6 Å². The molecule has 9 rings (SSSR count). The summed E-state index contributed by atoms with van der Waals surface area (Å²) in [6.07, 6.45) is 14.4. The number of amides is 1. The van der Waals surface area contributed by atoms with Gasteiger partial charge in [-0.2, -0.15) is 9.97 Å². The minimum Gasteiger partial charge on any atom is -0.468 e. The van der Waals surface area contributed by atoms with Crippen LogP contribution in [0.1, 0.15) is 77.7 Å². The van der Waals surface area contributed by atoms with Crippen LogP contribution < -0.4 is 14.4 Å². The molecule has 0 N–H and O–H groups in total. The van der Waals surface area contributed by atoms with Crippen LogP contribution in [0.3, 0.4) is 0 Å². The van der Waals surface area contributed by atoms with E-state index in [9.17, 15) is 9.59 Å². The van der Waals surface area contributed by atoms with E-state index in [0.29, 0.717) is 53.0 Å². The maximum Gasteiger partial charge on any atom is 0.410 e. The summed E-state index contributed by atoms with van der Waals surface area (Å²) in [5.74, 6) is 1.92. The van der Waals surface area contributed by atoms with Gasteiger partial charge in [-0.15, -0.1) is 6.42 Å². The van der Waals surface area contributed by atoms with Crippen molar-refractivity contribution in [3.63, 3.8) is 0 Å². The topological polar surface area (TPSA) is 107 Å². The molecular weight excluding hydrogens is 769 g/mol. The van der Waals surface area contributed by atoms with Gasteiger partial charge in [-0.1, -0.05) is 18.1 Å². The molecule has 316 valence electrons. The second-order valence-corrected chi connectivity index (χ2v) is 18.9. The molecule has 2 aliphatic carbocycles. The van der Waals surface area contributed by atoms with Crippen LogP contribution >= 0.6 is 0 Å². The Labute approximate surface area is 349 Å². The lowest BCUT2D eigenvalue weighted by atomic mass is 9.58. The Hall–Kier alpha value is -5.06. The Bertz CT molecular complexity index is 2360. The molecule has 4 heterocycles. The van der Waals surface area contributed by atoms with Gasteiger partial charge in [0.05, 0.1) is 24.3 Å². The molecule has 1 amide bonds. The predicted molar refractivity (Wildman–Crippen MR) is 224 cm³/mol. The van der Waals surface area contributed by atoms with E-state index < -0.39 is 17.2 Å². The molecular formula is C47H53F2N5O6. The number of benzene rings is 3. The minimum absolute atomic E-state index is 0.0143. The van der Waals surface area contributed by atoms with Crippen LogP contribution in [0.5, 0.6) is 11.8 Å². The molecule has 1 aromatic heterocycles. The second kappa shape index (κ2) is 15.4. The average Bonchev–Trinajstić information content (AvgIpc) is 3.92. The van der Waals surface area contributed by atoms with E-state index in [4.69, 9.17) is 35.3 Å². The summed E-state index contributed by atoms with van der Waals surface area (Å²) < 4.78 is 57.5. The summed E-state index contributed by atoms with van der Waals surface area (Å²) in [6.45, 7) is 9.51. The third-order valence-electron chi connectivity index (χ3n) is 13.5. The van der Waals surface area contributed by atoms with Crippen molar-refractivity contribution in [1.29, 1.82) is 0 Å². The first-order valence-electron chi connectivity index (χ1n) is 21.2. The highest BCUT2D eigenvalue weighted by atomic mass is 19.1. The van der Waals surface area contributed by atoms with E-state index >= 15 is 8.78 Å². The fraction of sp³-hybridized carbons (Fsp3) is 0.532. The van der Waals surface area contributed by atoms with Crippen molar-refractivity contribution < 1.29 is 37.3 Å². The summed E-state index contributed by atoms with van der Waals surface area (Å²) >= 11 is 0. The minimum atomic E-state index is -0.873. The van der Waals surface area contributed by atoms with Crippen molar-refractivity contribution in [3.05, 3.63) is 53.6 Å². The van der Waals surface area contributed by atoms with Crippen molar-refractivity contribution in [2.75, 3.05) is 58.1 Å². The van der Waals surface area contributed by atoms with Gasteiger partial charge in [0.1, 0.15) is 34.8 Å². The monoisotopic (exact) mass is 821 g/mol. The molecule has 3 aromatic carbocycles. The number of nitrogens with zero attached hydrogens (tertiary/aromatic N) is 5. The maximum atomic E-state index is 17.5. The lowest BCUT2D eigenvalue weighted by Crippen LogP contribution is -2.57. The molecule has 3 aliphatic heterocycles. The highest BCUT2D eigenvalue weighted by molar-refractivity contribution is 6.04. The summed E-state index contributed by atoms with van der Waals surface area (Å²) in [4.78, 5) is 40.6. The van der Waals surface area contributed by atoms with Crippen molar-refractivity contribution in [2.45, 2.75) is 89.8 Å². The quantitative estimate of drug-likeness (QED) is 0.0837. The number of carbonyl (C=O) groups excluding carboxylic acids is 2. The van der Waals surface area contributed by atoms with Crippen molar-refractivity contribution in [1.82, 2.24) is 19.8 Å². The number of hydrogen-bond acceptors (Lipinski definition) is 10. The van der Waals surface area contributed by atoms with Crippen LogP contribution in [-0.4, -0.2) is 103 Å². The Morgan fingerprint density at radius 2 is 1.75 bits per heavy atom. The number of piperazine rings is 1. The van der Waals surface area contributed by atoms with Gasteiger partial charge < -0.3 is 33.5 Å². The highest BCUT2D eigenvalue weighted by Crippen LogP contribution is 2.53. The number of halogens is 2. The third-order valence-corrected chi connectivity index (χ3v) is 13.5. The molecule has 11 nitrogen and oxygen atoms in total. The second-order valence-electron chi connectivity index (χ2n) is 18.9. The van der Waals surface area contributed by atoms with Gasteiger partial charge in [-0.25, -0.2) is 13.6 Å². The summed E-state index contributed by atoms with van der Waals surface area (Å²) in [5, 5.41) is 1.36. The smallest absolute Gasteiger partial charge is 0.410 e. The van der Waals surface area contributed by atoms with Crippen molar-refractivity contribution in [2.24, 2.45) is 16.7 Å². The number of aldehydes is 1. The standard InChI is InChI=1S/C47H53F2N5O6/c1-6-30-8-7-9-31-18-34(59-28-57-5)19-35(38(30)31)39-37(48)20-36-41(40(39)49)50-43(51-42(36)53-23-32-10-11-33(24-53)54(32)44(56)60-45(2,3)4)58-27-47(12-13-47)26-52-16-14-46(15-17-52)21-29(22-46)25-55/h1,7-9,18-20,25,29,32-33H,10-17,21-24,26-28H2,2-5H3. The molecule has 60 heavy (non-hydrogen) atoms. The maximum absolute atomic E-state index is 17.5. The van der Waals surface area contributed by atoms with E-state index in [1.54, 1.807) is 24.3 Å². The lowest BCUT2D eigenvalue weighted by Gasteiger charge is -2.51. The molecule has 5 aliphatic rings. The normalized spacial score (nSPS) is 22.1. The largest absolute Gasteiger partial charge is 0.468 e. The Balaban J connectivity index is 1.07. The molecule has 5 fully saturated rings. The van der Waals surface area contributed by atoms with Gasteiger partial charge in [0.2, 0.25) is 0 Å². The Morgan fingerprint density at radius 1 is 1.02 bits per heavy atom. The predicted octanol–water partition coefficient (Wildman–Crippen LogP) is 8.13. The molecule has 1 spiro atoms. The SMILES string of the molecule is C#Cc1cccc2cc(OCOC)cc(-c3c(F)cc4c(N5CC6CCC(C5)N6C(=O)OC(C)(C)C)nc(OCC5(CN6CCC7(CC6)CC(C=O)C7)CC5)nc4c3F)c12. The number of hydrogen-bond donors (Lipinski definition) is 0. The van der Waals surface area contributed by atoms with Crippen molar-refractivity contribution in [3.8, 4) is 35.2 Å². The van der Waals surface area contributed by atoms with E-state index in [-0.39, 0.29) is 64.3 Å². The number of methoxy groups -OCH3 is 1. The molecule has 2 atom stereocenters. The van der Waals surface area contributed by atoms with E-state index in [2.05, 4.69) is 10.8 Å². The first kappa shape index (κ1) is 40.4.